The molecule has 2 amide bonds. The summed E-state index contributed by atoms with van der Waals surface area (Å²) in [6.07, 6.45) is 0.0805. The maximum Gasteiger partial charge on any atom is 0.355 e. The van der Waals surface area contributed by atoms with Crippen LogP contribution in [0.25, 0.3) is 0 Å². The van der Waals surface area contributed by atoms with E-state index in [-0.39, 0.29) is 12.2 Å². The SMILES string of the molecule is COP(=O)(Cc1c(C)cccc1N1NNN(C)C1=O)OC. The van der Waals surface area contributed by atoms with Crippen LogP contribution in [0.1, 0.15) is 11.1 Å². The topological polar surface area (TPSA) is 83.1 Å². The average Bonchev–Trinajstić information content (AvgIpc) is 2.81. The molecule has 0 spiro atoms. The first-order valence-corrected chi connectivity index (χ1v) is 8.03. The van der Waals surface area contributed by atoms with Gasteiger partial charge in [0.2, 0.25) is 0 Å². The van der Waals surface area contributed by atoms with Gasteiger partial charge in [0.15, 0.2) is 0 Å². The van der Waals surface area contributed by atoms with Gasteiger partial charge in [0.1, 0.15) is 0 Å². The molecular formula is C12H19N4O4P. The van der Waals surface area contributed by atoms with Crippen LogP contribution in [0.5, 0.6) is 0 Å². The normalized spacial score (nSPS) is 15.9. The summed E-state index contributed by atoms with van der Waals surface area (Å²) < 4.78 is 22.4. The van der Waals surface area contributed by atoms with E-state index in [1.165, 1.54) is 24.2 Å². The number of hydrazine groups is 3. The van der Waals surface area contributed by atoms with Crippen molar-refractivity contribution in [3.05, 3.63) is 29.3 Å². The van der Waals surface area contributed by atoms with Crippen LogP contribution in [-0.4, -0.2) is 32.3 Å². The zero-order valence-electron chi connectivity index (χ0n) is 12.4. The standard InChI is InChI=1S/C12H19N4O4P/c1-9-6-5-7-11(16-12(17)15(2)13-14-16)10(9)8-21(18,19-3)20-4/h5-7,13-14H,8H2,1-4H3. The first-order chi connectivity index (χ1) is 9.91. The van der Waals surface area contributed by atoms with Crippen molar-refractivity contribution in [2.75, 3.05) is 26.3 Å². The third-order valence-corrected chi connectivity index (χ3v) is 5.16. The van der Waals surface area contributed by atoms with Gasteiger partial charge in [0.05, 0.1) is 11.8 Å². The molecule has 8 nitrogen and oxygen atoms in total. The summed E-state index contributed by atoms with van der Waals surface area (Å²) in [5.41, 5.74) is 7.66. The second-order valence-corrected chi connectivity index (χ2v) is 6.88. The summed E-state index contributed by atoms with van der Waals surface area (Å²) in [6.45, 7) is 1.88. The van der Waals surface area contributed by atoms with E-state index in [0.717, 1.165) is 11.1 Å². The first-order valence-electron chi connectivity index (χ1n) is 6.30. The third kappa shape index (κ3) is 3.09. The van der Waals surface area contributed by atoms with Crippen molar-refractivity contribution in [1.29, 1.82) is 0 Å². The number of hydrogen-bond donors (Lipinski definition) is 2. The lowest BCUT2D eigenvalue weighted by molar-refractivity contribution is 0.214. The molecule has 1 aliphatic heterocycles. The van der Waals surface area contributed by atoms with Crippen molar-refractivity contribution in [3.63, 3.8) is 0 Å². The highest BCUT2D eigenvalue weighted by Crippen LogP contribution is 2.51. The van der Waals surface area contributed by atoms with Crippen LogP contribution in [0.15, 0.2) is 18.2 Å². The molecule has 1 saturated heterocycles. The van der Waals surface area contributed by atoms with Gasteiger partial charge < -0.3 is 9.05 Å². The van der Waals surface area contributed by atoms with E-state index in [2.05, 4.69) is 11.1 Å². The summed E-state index contributed by atoms with van der Waals surface area (Å²) in [7, 11) is 1.05. The minimum Gasteiger partial charge on any atom is -0.312 e. The van der Waals surface area contributed by atoms with Crippen molar-refractivity contribution >= 4 is 19.3 Å². The van der Waals surface area contributed by atoms with Crippen molar-refractivity contribution < 1.29 is 18.4 Å². The van der Waals surface area contributed by atoms with Crippen LogP contribution in [0.2, 0.25) is 0 Å². The van der Waals surface area contributed by atoms with Crippen LogP contribution in [0, 0.1) is 6.92 Å². The molecule has 21 heavy (non-hydrogen) atoms. The molecular weight excluding hydrogens is 295 g/mol. The fraction of sp³-hybridized carbons (Fsp3) is 0.417. The third-order valence-electron chi connectivity index (χ3n) is 3.34. The minimum absolute atomic E-state index is 0.0805. The summed E-state index contributed by atoms with van der Waals surface area (Å²) in [5, 5.41) is 2.65. The predicted octanol–water partition coefficient (Wildman–Crippen LogP) is 1.78. The number of anilines is 1. The molecule has 0 unspecified atom stereocenters. The van der Waals surface area contributed by atoms with E-state index in [1.54, 1.807) is 13.1 Å². The number of nitrogens with one attached hydrogen (secondary N) is 2. The van der Waals surface area contributed by atoms with Gasteiger partial charge in [0.25, 0.3) is 0 Å². The van der Waals surface area contributed by atoms with Crippen molar-refractivity contribution in [3.8, 4) is 0 Å². The number of rotatable bonds is 5. The van der Waals surface area contributed by atoms with Crippen LogP contribution in [0.4, 0.5) is 10.5 Å². The number of aryl methyl sites for hydroxylation is 1. The number of urea groups is 1. The highest BCUT2D eigenvalue weighted by atomic mass is 31.2. The smallest absolute Gasteiger partial charge is 0.312 e. The number of hydrogen-bond acceptors (Lipinski definition) is 6. The van der Waals surface area contributed by atoms with E-state index in [9.17, 15) is 9.36 Å². The van der Waals surface area contributed by atoms with Gasteiger partial charge in [-0.15, -0.1) is 11.1 Å². The molecule has 1 fully saturated rings. The Balaban J connectivity index is 2.42. The summed E-state index contributed by atoms with van der Waals surface area (Å²) in [5.74, 6) is 0. The number of carbonyl (C=O) groups is 1. The van der Waals surface area contributed by atoms with E-state index in [4.69, 9.17) is 9.05 Å². The zero-order chi connectivity index (χ0) is 15.6. The van der Waals surface area contributed by atoms with Crippen LogP contribution >= 0.6 is 7.60 Å². The molecule has 1 aromatic carbocycles. The Labute approximate surface area is 123 Å². The fourth-order valence-corrected chi connectivity index (χ4v) is 3.24. The molecule has 1 aromatic rings. The maximum atomic E-state index is 12.4. The molecule has 1 heterocycles. The summed E-state index contributed by atoms with van der Waals surface area (Å²) >= 11 is 0. The number of carbonyl (C=O) groups excluding carboxylic acids is 1. The molecule has 0 radical (unpaired) electrons. The second-order valence-electron chi connectivity index (χ2n) is 4.61. The van der Waals surface area contributed by atoms with Gasteiger partial charge in [-0.3, -0.25) is 4.57 Å². The monoisotopic (exact) mass is 314 g/mol. The summed E-state index contributed by atoms with van der Waals surface area (Å²) in [6, 6.07) is 5.20. The van der Waals surface area contributed by atoms with Gasteiger partial charge >= 0.3 is 13.6 Å². The van der Waals surface area contributed by atoms with Crippen molar-refractivity contribution in [2.24, 2.45) is 0 Å². The average molecular weight is 314 g/mol. The van der Waals surface area contributed by atoms with Crippen LogP contribution < -0.4 is 16.1 Å². The highest BCUT2D eigenvalue weighted by molar-refractivity contribution is 7.53. The molecule has 0 saturated carbocycles. The quantitative estimate of drug-likeness (QED) is 0.806. The highest BCUT2D eigenvalue weighted by Gasteiger charge is 2.31. The Hall–Kier alpha value is -1.44. The Morgan fingerprint density at radius 3 is 2.43 bits per heavy atom. The molecule has 9 heteroatoms. The molecule has 116 valence electrons. The number of nitrogens with zero attached hydrogens (tertiary/aromatic N) is 2. The number of benzene rings is 1. The van der Waals surface area contributed by atoms with Crippen LogP contribution in [0.3, 0.4) is 0 Å². The molecule has 0 atom stereocenters. The summed E-state index contributed by atoms with van der Waals surface area (Å²) in [4.78, 5) is 12.1. The molecule has 0 aromatic heterocycles. The zero-order valence-corrected chi connectivity index (χ0v) is 13.3. The molecule has 2 N–H and O–H groups in total. The fourth-order valence-electron chi connectivity index (χ4n) is 2.03. The van der Waals surface area contributed by atoms with E-state index < -0.39 is 7.60 Å². The largest absolute Gasteiger partial charge is 0.355 e. The van der Waals surface area contributed by atoms with E-state index >= 15 is 0 Å². The molecule has 1 aliphatic rings. The predicted molar refractivity (Wildman–Crippen MR) is 78.4 cm³/mol. The molecule has 0 bridgehead atoms. The van der Waals surface area contributed by atoms with Gasteiger partial charge in [0, 0.05) is 21.3 Å². The van der Waals surface area contributed by atoms with Crippen molar-refractivity contribution in [1.82, 2.24) is 16.1 Å². The Kier molecular flexibility index (Phi) is 4.65. The first kappa shape index (κ1) is 15.9. The Bertz CT molecular complexity index is 587. The van der Waals surface area contributed by atoms with Gasteiger partial charge in [-0.25, -0.2) is 14.8 Å². The lowest BCUT2D eigenvalue weighted by Crippen LogP contribution is -2.38. The van der Waals surface area contributed by atoms with E-state index in [0.29, 0.717) is 5.69 Å². The van der Waals surface area contributed by atoms with Gasteiger partial charge in [-0.1, -0.05) is 12.1 Å². The lowest BCUT2D eigenvalue weighted by atomic mass is 10.1. The second kappa shape index (κ2) is 6.13. The number of amides is 2. The van der Waals surface area contributed by atoms with Gasteiger partial charge in [-0.05, 0) is 24.1 Å². The lowest BCUT2D eigenvalue weighted by Gasteiger charge is -2.22. The van der Waals surface area contributed by atoms with Crippen LogP contribution in [-0.2, 0) is 19.8 Å². The minimum atomic E-state index is -3.23. The Morgan fingerprint density at radius 1 is 1.24 bits per heavy atom. The maximum absolute atomic E-state index is 12.4. The Morgan fingerprint density at radius 2 is 1.90 bits per heavy atom. The molecule has 0 aliphatic carbocycles. The molecule has 2 rings (SSSR count). The van der Waals surface area contributed by atoms with E-state index in [1.807, 2.05) is 19.1 Å². The van der Waals surface area contributed by atoms with Crippen molar-refractivity contribution in [2.45, 2.75) is 13.1 Å². The van der Waals surface area contributed by atoms with Gasteiger partial charge in [-0.2, -0.15) is 0 Å².